The smallest absolute Gasteiger partial charge is 0.141 e. The summed E-state index contributed by atoms with van der Waals surface area (Å²) < 4.78 is 2.16. The van der Waals surface area contributed by atoms with Crippen LogP contribution in [0.5, 0.6) is 0 Å². The van der Waals surface area contributed by atoms with Gasteiger partial charge in [0, 0.05) is 20.6 Å². The normalized spacial score (nSPS) is 11.2. The average molecular weight is 388 g/mol. The summed E-state index contributed by atoms with van der Waals surface area (Å²) in [4.78, 5) is 4.81. The zero-order valence-electron chi connectivity index (χ0n) is 13.1. The lowest BCUT2D eigenvalue weighted by molar-refractivity contribution is 0.834. The van der Waals surface area contributed by atoms with Gasteiger partial charge in [-0.25, -0.2) is 4.98 Å². The second-order valence-electron chi connectivity index (χ2n) is 5.75. The molecule has 4 aromatic rings. The van der Waals surface area contributed by atoms with Gasteiger partial charge >= 0.3 is 0 Å². The Morgan fingerprint density at radius 1 is 0.800 bits per heavy atom. The minimum absolute atomic E-state index is 0.606. The first-order chi connectivity index (χ1) is 12.1. The van der Waals surface area contributed by atoms with E-state index in [1.54, 1.807) is 6.07 Å². The van der Waals surface area contributed by atoms with Crippen molar-refractivity contribution in [3.63, 3.8) is 0 Å². The second-order valence-corrected chi connectivity index (χ2v) is 7.03. The molecule has 1 heterocycles. The molecule has 0 radical (unpaired) electrons. The molecule has 3 aromatic carbocycles. The molecule has 0 atom stereocenters. The molecular weight excluding hydrogens is 375 g/mol. The molecule has 0 fully saturated rings. The van der Waals surface area contributed by atoms with Crippen LogP contribution in [0.25, 0.3) is 22.4 Å². The summed E-state index contributed by atoms with van der Waals surface area (Å²) in [6.07, 6.45) is 0. The molecule has 0 aliphatic carbocycles. The van der Waals surface area contributed by atoms with Gasteiger partial charge in [-0.05, 0) is 54.1 Å². The Kier molecular flexibility index (Phi) is 4.43. The SMILES string of the molecule is Clc1ccc(-c2nc3ccccc3n2Cc2ccc(Cl)cc2Cl)cc1. The summed E-state index contributed by atoms with van der Waals surface area (Å²) in [5.41, 5.74) is 3.99. The van der Waals surface area contributed by atoms with E-state index >= 15 is 0 Å². The Balaban J connectivity index is 1.88. The van der Waals surface area contributed by atoms with Crippen LogP contribution in [-0.2, 0) is 6.54 Å². The summed E-state index contributed by atoms with van der Waals surface area (Å²) in [5, 5.41) is 1.97. The number of nitrogens with zero attached hydrogens (tertiary/aromatic N) is 2. The van der Waals surface area contributed by atoms with Crippen LogP contribution in [0.4, 0.5) is 0 Å². The van der Waals surface area contributed by atoms with Crippen molar-refractivity contribution < 1.29 is 0 Å². The average Bonchev–Trinajstić information content (AvgIpc) is 2.97. The van der Waals surface area contributed by atoms with Crippen LogP contribution in [0.3, 0.4) is 0 Å². The Morgan fingerprint density at radius 2 is 1.52 bits per heavy atom. The third-order valence-corrected chi connectivity index (χ3v) is 4.94. The highest BCUT2D eigenvalue weighted by molar-refractivity contribution is 6.35. The molecule has 25 heavy (non-hydrogen) atoms. The summed E-state index contributed by atoms with van der Waals surface area (Å²) in [5.74, 6) is 0.879. The molecule has 0 amide bonds. The van der Waals surface area contributed by atoms with Gasteiger partial charge in [0.15, 0.2) is 0 Å². The number of hydrogen-bond donors (Lipinski definition) is 0. The van der Waals surface area contributed by atoms with Crippen LogP contribution in [0, 0.1) is 0 Å². The maximum atomic E-state index is 6.38. The van der Waals surface area contributed by atoms with Crippen LogP contribution in [0.15, 0.2) is 66.7 Å². The number of para-hydroxylation sites is 2. The second kappa shape index (κ2) is 6.72. The van der Waals surface area contributed by atoms with E-state index in [4.69, 9.17) is 39.8 Å². The molecular formula is C20H13Cl3N2. The summed E-state index contributed by atoms with van der Waals surface area (Å²) in [6, 6.07) is 21.3. The maximum Gasteiger partial charge on any atom is 0.141 e. The molecule has 124 valence electrons. The Bertz CT molecular complexity index is 1050. The van der Waals surface area contributed by atoms with Crippen molar-refractivity contribution in [2.75, 3.05) is 0 Å². The number of rotatable bonds is 3. The third kappa shape index (κ3) is 3.25. The third-order valence-electron chi connectivity index (χ3n) is 4.10. The molecule has 2 nitrogen and oxygen atoms in total. The zero-order chi connectivity index (χ0) is 17.4. The van der Waals surface area contributed by atoms with Crippen LogP contribution in [-0.4, -0.2) is 9.55 Å². The first-order valence-electron chi connectivity index (χ1n) is 7.77. The first-order valence-corrected chi connectivity index (χ1v) is 8.90. The first kappa shape index (κ1) is 16.5. The van der Waals surface area contributed by atoms with Crippen LogP contribution in [0.2, 0.25) is 15.1 Å². The van der Waals surface area contributed by atoms with Crippen LogP contribution in [0.1, 0.15) is 5.56 Å². The number of halogens is 3. The fourth-order valence-corrected chi connectivity index (χ4v) is 3.47. The van der Waals surface area contributed by atoms with E-state index in [1.807, 2.05) is 54.6 Å². The van der Waals surface area contributed by atoms with E-state index in [0.29, 0.717) is 21.6 Å². The molecule has 4 rings (SSSR count). The highest BCUT2D eigenvalue weighted by Gasteiger charge is 2.14. The minimum atomic E-state index is 0.606. The molecule has 0 saturated carbocycles. The largest absolute Gasteiger partial charge is 0.319 e. The van der Waals surface area contributed by atoms with Gasteiger partial charge in [0.1, 0.15) is 5.82 Å². The van der Waals surface area contributed by atoms with Gasteiger partial charge in [-0.2, -0.15) is 0 Å². The van der Waals surface area contributed by atoms with Gasteiger partial charge < -0.3 is 4.57 Å². The van der Waals surface area contributed by atoms with Crippen LogP contribution < -0.4 is 0 Å². The topological polar surface area (TPSA) is 17.8 Å². The number of imidazole rings is 1. The van der Waals surface area contributed by atoms with Crippen molar-refractivity contribution >= 4 is 45.8 Å². The fourth-order valence-electron chi connectivity index (χ4n) is 2.88. The van der Waals surface area contributed by atoms with Crippen molar-refractivity contribution in [2.45, 2.75) is 6.54 Å². The summed E-state index contributed by atoms with van der Waals surface area (Å²) >= 11 is 18.4. The lowest BCUT2D eigenvalue weighted by atomic mass is 10.2. The van der Waals surface area contributed by atoms with Gasteiger partial charge in [0.05, 0.1) is 17.6 Å². The number of fused-ring (bicyclic) bond motifs is 1. The fraction of sp³-hybridized carbons (Fsp3) is 0.0500. The Morgan fingerprint density at radius 3 is 2.28 bits per heavy atom. The van der Waals surface area contributed by atoms with E-state index in [9.17, 15) is 0 Å². The van der Waals surface area contributed by atoms with Gasteiger partial charge in [0.25, 0.3) is 0 Å². The lowest BCUT2D eigenvalue weighted by Crippen LogP contribution is -2.03. The van der Waals surface area contributed by atoms with E-state index in [1.165, 1.54) is 0 Å². The molecule has 0 bridgehead atoms. The van der Waals surface area contributed by atoms with E-state index < -0.39 is 0 Å². The standard InChI is InChI=1S/C20H13Cl3N2/c21-15-8-5-13(6-9-15)20-24-18-3-1-2-4-19(18)25(20)12-14-7-10-16(22)11-17(14)23/h1-11H,12H2. The highest BCUT2D eigenvalue weighted by atomic mass is 35.5. The molecule has 1 aromatic heterocycles. The van der Waals surface area contributed by atoms with Gasteiger partial charge in [-0.1, -0.05) is 53.0 Å². The highest BCUT2D eigenvalue weighted by Crippen LogP contribution is 2.29. The maximum absolute atomic E-state index is 6.38. The Labute approximate surface area is 160 Å². The molecule has 0 aliphatic heterocycles. The van der Waals surface area contributed by atoms with Crippen molar-refractivity contribution in [3.8, 4) is 11.4 Å². The minimum Gasteiger partial charge on any atom is -0.319 e. The van der Waals surface area contributed by atoms with Crippen molar-refractivity contribution in [2.24, 2.45) is 0 Å². The zero-order valence-corrected chi connectivity index (χ0v) is 15.4. The van der Waals surface area contributed by atoms with Crippen LogP contribution >= 0.6 is 34.8 Å². The summed E-state index contributed by atoms with van der Waals surface area (Å²) in [7, 11) is 0. The van der Waals surface area contributed by atoms with E-state index in [-0.39, 0.29) is 0 Å². The van der Waals surface area contributed by atoms with E-state index in [2.05, 4.69) is 10.6 Å². The molecule has 0 aliphatic rings. The number of hydrogen-bond acceptors (Lipinski definition) is 1. The lowest BCUT2D eigenvalue weighted by Gasteiger charge is -2.11. The van der Waals surface area contributed by atoms with Gasteiger partial charge in [-0.15, -0.1) is 0 Å². The molecule has 0 unspecified atom stereocenters. The predicted octanol–water partition coefficient (Wildman–Crippen LogP) is 6.71. The van der Waals surface area contributed by atoms with E-state index in [0.717, 1.165) is 28.0 Å². The van der Waals surface area contributed by atoms with Crippen molar-refractivity contribution in [3.05, 3.63) is 87.4 Å². The molecule has 0 saturated heterocycles. The summed E-state index contributed by atoms with van der Waals surface area (Å²) in [6.45, 7) is 0.606. The molecule has 5 heteroatoms. The quantitative estimate of drug-likeness (QED) is 0.382. The van der Waals surface area contributed by atoms with Gasteiger partial charge in [-0.3, -0.25) is 0 Å². The predicted molar refractivity (Wildman–Crippen MR) is 106 cm³/mol. The number of aromatic nitrogens is 2. The molecule has 0 N–H and O–H groups in total. The Hall–Kier alpha value is -2.00. The monoisotopic (exact) mass is 386 g/mol. The van der Waals surface area contributed by atoms with Crippen molar-refractivity contribution in [1.82, 2.24) is 9.55 Å². The number of benzene rings is 3. The van der Waals surface area contributed by atoms with Gasteiger partial charge in [0.2, 0.25) is 0 Å². The van der Waals surface area contributed by atoms with Crippen molar-refractivity contribution in [1.29, 1.82) is 0 Å². The molecule has 0 spiro atoms.